The summed E-state index contributed by atoms with van der Waals surface area (Å²) in [7, 11) is 0. The number of fused-ring (bicyclic) bond motifs is 3. The zero-order chi connectivity index (χ0) is 15.7. The van der Waals surface area contributed by atoms with Gasteiger partial charge in [-0.1, -0.05) is 31.5 Å². The van der Waals surface area contributed by atoms with E-state index in [1.807, 2.05) is 24.3 Å². The average molecular weight is 299 g/mol. The fourth-order valence-corrected chi connectivity index (χ4v) is 2.75. The minimum atomic E-state index is -0.994. The molecule has 0 atom stereocenters. The van der Waals surface area contributed by atoms with Crippen LogP contribution in [0.3, 0.4) is 0 Å². The molecule has 3 rings (SSSR count). The van der Waals surface area contributed by atoms with Crippen molar-refractivity contribution in [1.29, 1.82) is 0 Å². The molecule has 6 nitrogen and oxygen atoms in total. The molecule has 0 aliphatic carbocycles. The molecule has 0 saturated heterocycles. The van der Waals surface area contributed by atoms with Gasteiger partial charge in [0, 0.05) is 11.9 Å². The van der Waals surface area contributed by atoms with E-state index in [1.165, 1.54) is 10.9 Å². The summed E-state index contributed by atoms with van der Waals surface area (Å²) in [6.07, 6.45) is 3.30. The van der Waals surface area contributed by atoms with Crippen molar-refractivity contribution in [3.05, 3.63) is 40.9 Å². The Balaban J connectivity index is 2.36. The number of hydrogen-bond acceptors (Lipinski definition) is 3. The van der Waals surface area contributed by atoms with E-state index in [9.17, 15) is 9.59 Å². The van der Waals surface area contributed by atoms with Crippen LogP contribution in [0.25, 0.3) is 21.9 Å². The van der Waals surface area contributed by atoms with Crippen LogP contribution in [-0.2, 0) is 17.9 Å². The minimum absolute atomic E-state index is 0.180. The van der Waals surface area contributed by atoms with E-state index in [2.05, 4.69) is 11.9 Å². The Hall–Kier alpha value is -2.63. The van der Waals surface area contributed by atoms with Gasteiger partial charge in [-0.05, 0) is 12.5 Å². The summed E-state index contributed by atoms with van der Waals surface area (Å²) >= 11 is 0. The molecule has 6 heteroatoms. The Morgan fingerprint density at radius 1 is 1.32 bits per heavy atom. The number of nitrogens with zero attached hydrogens (tertiary/aromatic N) is 3. The van der Waals surface area contributed by atoms with Crippen molar-refractivity contribution in [3.63, 3.8) is 0 Å². The smallest absolute Gasteiger partial charge is 0.323 e. The third-order valence-electron chi connectivity index (χ3n) is 3.78. The molecule has 0 fully saturated rings. The standard InChI is InChI=1S/C16H17N3O3/c1-2-3-8-19-12-7-5-4-6-11(12)14-15(16(19)22)18(10-17-14)9-13(20)21/h4-7,10H,2-3,8-9H2,1H3,(H,20,21). The maximum Gasteiger partial charge on any atom is 0.323 e. The Labute approximate surface area is 126 Å². The van der Waals surface area contributed by atoms with Crippen LogP contribution in [-0.4, -0.2) is 25.2 Å². The quantitative estimate of drug-likeness (QED) is 0.783. The summed E-state index contributed by atoms with van der Waals surface area (Å²) in [6.45, 7) is 2.42. The van der Waals surface area contributed by atoms with E-state index in [0.717, 1.165) is 23.7 Å². The van der Waals surface area contributed by atoms with Gasteiger partial charge in [0.2, 0.25) is 0 Å². The summed E-state index contributed by atoms with van der Waals surface area (Å²) in [5.74, 6) is -0.994. The number of benzene rings is 1. The highest BCUT2D eigenvalue weighted by atomic mass is 16.4. The summed E-state index contributed by atoms with van der Waals surface area (Å²) < 4.78 is 3.14. The van der Waals surface area contributed by atoms with Gasteiger partial charge in [0.15, 0.2) is 0 Å². The number of carboxylic acid groups (broad SMARTS) is 1. The average Bonchev–Trinajstić information content (AvgIpc) is 2.91. The predicted octanol–water partition coefficient (Wildman–Crippen LogP) is 2.24. The third-order valence-corrected chi connectivity index (χ3v) is 3.78. The molecule has 0 spiro atoms. The van der Waals surface area contributed by atoms with Gasteiger partial charge in [-0.3, -0.25) is 9.59 Å². The van der Waals surface area contributed by atoms with Crippen LogP contribution in [0.5, 0.6) is 0 Å². The normalized spacial score (nSPS) is 11.3. The lowest BCUT2D eigenvalue weighted by Gasteiger charge is -2.11. The topological polar surface area (TPSA) is 77.1 Å². The van der Waals surface area contributed by atoms with Gasteiger partial charge in [-0.2, -0.15) is 0 Å². The lowest BCUT2D eigenvalue weighted by Crippen LogP contribution is -2.23. The van der Waals surface area contributed by atoms with Crippen LogP contribution in [0.15, 0.2) is 35.4 Å². The van der Waals surface area contributed by atoms with Crippen LogP contribution >= 0.6 is 0 Å². The van der Waals surface area contributed by atoms with Crippen LogP contribution in [0.2, 0.25) is 0 Å². The largest absolute Gasteiger partial charge is 0.480 e. The van der Waals surface area contributed by atoms with Crippen molar-refractivity contribution in [3.8, 4) is 0 Å². The number of carbonyl (C=O) groups is 1. The van der Waals surface area contributed by atoms with Crippen molar-refractivity contribution >= 4 is 27.9 Å². The first-order chi connectivity index (χ1) is 10.6. The molecule has 2 heterocycles. The van der Waals surface area contributed by atoms with Crippen molar-refractivity contribution in [2.75, 3.05) is 0 Å². The number of imidazole rings is 1. The highest BCUT2D eigenvalue weighted by Gasteiger charge is 2.16. The second-order valence-corrected chi connectivity index (χ2v) is 5.29. The first-order valence-corrected chi connectivity index (χ1v) is 7.31. The molecule has 0 aliphatic rings. The minimum Gasteiger partial charge on any atom is -0.480 e. The van der Waals surface area contributed by atoms with E-state index in [-0.39, 0.29) is 12.1 Å². The molecule has 0 radical (unpaired) electrons. The first kappa shape index (κ1) is 14.3. The molecule has 3 aromatic rings. The van der Waals surface area contributed by atoms with Crippen molar-refractivity contribution in [2.45, 2.75) is 32.9 Å². The van der Waals surface area contributed by atoms with E-state index >= 15 is 0 Å². The van der Waals surface area contributed by atoms with E-state index in [1.54, 1.807) is 4.57 Å². The Bertz CT molecular complexity index is 908. The van der Waals surface area contributed by atoms with Crippen LogP contribution < -0.4 is 5.56 Å². The molecule has 0 bridgehead atoms. The number of unbranched alkanes of at least 4 members (excludes halogenated alkanes) is 1. The molecule has 0 amide bonds. The number of hydrogen-bond donors (Lipinski definition) is 1. The second-order valence-electron chi connectivity index (χ2n) is 5.29. The van der Waals surface area contributed by atoms with E-state index in [0.29, 0.717) is 17.6 Å². The molecule has 1 aromatic carbocycles. The number of para-hydroxylation sites is 1. The maximum atomic E-state index is 12.8. The van der Waals surface area contributed by atoms with Gasteiger partial charge in [-0.15, -0.1) is 0 Å². The molecule has 0 aliphatic heterocycles. The Morgan fingerprint density at radius 2 is 2.09 bits per heavy atom. The second kappa shape index (κ2) is 5.63. The maximum absolute atomic E-state index is 12.8. The van der Waals surface area contributed by atoms with Gasteiger partial charge in [0.1, 0.15) is 17.6 Å². The fourth-order valence-electron chi connectivity index (χ4n) is 2.75. The van der Waals surface area contributed by atoms with Crippen molar-refractivity contribution in [1.82, 2.24) is 14.1 Å². The number of aryl methyl sites for hydroxylation is 1. The summed E-state index contributed by atoms with van der Waals surface area (Å²) in [6, 6.07) is 7.61. The zero-order valence-electron chi connectivity index (χ0n) is 12.3. The van der Waals surface area contributed by atoms with Crippen LogP contribution in [0.1, 0.15) is 19.8 Å². The van der Waals surface area contributed by atoms with E-state index in [4.69, 9.17) is 5.11 Å². The van der Waals surface area contributed by atoms with E-state index < -0.39 is 5.97 Å². The summed E-state index contributed by atoms with van der Waals surface area (Å²) in [5, 5.41) is 9.87. The Kier molecular flexibility index (Phi) is 3.66. The number of rotatable bonds is 5. The van der Waals surface area contributed by atoms with Crippen molar-refractivity contribution < 1.29 is 9.90 Å². The molecule has 0 saturated carbocycles. The SMILES string of the molecule is CCCCn1c(=O)c2c(ncn2CC(=O)O)c2ccccc21. The highest BCUT2D eigenvalue weighted by Crippen LogP contribution is 2.21. The third kappa shape index (κ3) is 2.26. The molecular formula is C16H17N3O3. The van der Waals surface area contributed by atoms with Gasteiger partial charge in [0.25, 0.3) is 5.56 Å². The molecule has 0 unspecified atom stereocenters. The first-order valence-electron chi connectivity index (χ1n) is 7.31. The van der Waals surface area contributed by atoms with Gasteiger partial charge in [-0.25, -0.2) is 4.98 Å². The lowest BCUT2D eigenvalue weighted by molar-refractivity contribution is -0.137. The van der Waals surface area contributed by atoms with Gasteiger partial charge >= 0.3 is 5.97 Å². The van der Waals surface area contributed by atoms with Gasteiger partial charge in [0.05, 0.1) is 11.8 Å². The zero-order valence-corrected chi connectivity index (χ0v) is 12.3. The van der Waals surface area contributed by atoms with Gasteiger partial charge < -0.3 is 14.2 Å². The predicted molar refractivity (Wildman–Crippen MR) is 84.0 cm³/mol. The fraction of sp³-hybridized carbons (Fsp3) is 0.312. The molecule has 2 aromatic heterocycles. The molecule has 22 heavy (non-hydrogen) atoms. The molecular weight excluding hydrogens is 282 g/mol. The number of pyridine rings is 1. The number of carboxylic acids is 1. The number of aliphatic carboxylic acids is 1. The van der Waals surface area contributed by atoms with Crippen molar-refractivity contribution in [2.24, 2.45) is 0 Å². The lowest BCUT2D eigenvalue weighted by atomic mass is 10.1. The Morgan fingerprint density at radius 3 is 2.82 bits per heavy atom. The summed E-state index contributed by atoms with van der Waals surface area (Å²) in [4.78, 5) is 28.1. The molecule has 114 valence electrons. The summed E-state index contributed by atoms with van der Waals surface area (Å²) in [5.41, 5.74) is 1.58. The monoisotopic (exact) mass is 299 g/mol. The van der Waals surface area contributed by atoms with Crippen LogP contribution in [0.4, 0.5) is 0 Å². The molecule has 1 N–H and O–H groups in total. The van der Waals surface area contributed by atoms with Crippen LogP contribution in [0, 0.1) is 0 Å². The number of aromatic nitrogens is 3. The highest BCUT2D eigenvalue weighted by molar-refractivity contribution is 6.02.